The average Bonchev–Trinajstić information content (AvgIpc) is 3.01. The van der Waals surface area contributed by atoms with Crippen molar-refractivity contribution in [2.75, 3.05) is 11.9 Å². The van der Waals surface area contributed by atoms with E-state index in [2.05, 4.69) is 32.1 Å². The van der Waals surface area contributed by atoms with Crippen LogP contribution in [0.2, 0.25) is 0 Å². The minimum atomic E-state index is -0.206. The Kier molecular flexibility index (Phi) is 5.20. The highest BCUT2D eigenvalue weighted by Gasteiger charge is 2.10. The molecular weight excluding hydrogens is 306 g/mol. The molecule has 0 atom stereocenters. The molecule has 126 valence electrons. The number of carbonyl (C=O) groups is 1. The number of aromatic nitrogens is 3. The fraction of sp³-hybridized carbons (Fsp3) is 0.412. The van der Waals surface area contributed by atoms with Gasteiger partial charge in [0.05, 0.1) is 0 Å². The Morgan fingerprint density at radius 3 is 2.83 bits per heavy atom. The second-order valence-electron chi connectivity index (χ2n) is 5.87. The van der Waals surface area contributed by atoms with Crippen molar-refractivity contribution in [3.63, 3.8) is 0 Å². The molecule has 1 aliphatic carbocycles. The van der Waals surface area contributed by atoms with Gasteiger partial charge in [0.1, 0.15) is 5.76 Å². The molecule has 0 aromatic carbocycles. The summed E-state index contributed by atoms with van der Waals surface area (Å²) >= 11 is 0. The van der Waals surface area contributed by atoms with Gasteiger partial charge in [-0.3, -0.25) is 4.79 Å². The lowest BCUT2D eigenvalue weighted by atomic mass is 9.97. The molecule has 0 unspecified atom stereocenters. The van der Waals surface area contributed by atoms with Crippen LogP contribution in [0.3, 0.4) is 0 Å². The van der Waals surface area contributed by atoms with Crippen LogP contribution in [0.15, 0.2) is 34.4 Å². The molecular formula is C17H21N5O2. The smallest absolute Gasteiger partial charge is 0.271 e. The molecule has 7 heteroatoms. The SMILES string of the molecule is Cc1cc(Nc2ccc(C(=O)NCCC3=CCCCC3)nn2)no1. The number of nitrogens with zero attached hydrogens (tertiary/aromatic N) is 3. The van der Waals surface area contributed by atoms with E-state index >= 15 is 0 Å². The topological polar surface area (TPSA) is 92.9 Å². The van der Waals surface area contributed by atoms with Gasteiger partial charge < -0.3 is 15.2 Å². The molecule has 1 aliphatic rings. The van der Waals surface area contributed by atoms with E-state index in [0.717, 1.165) is 19.3 Å². The van der Waals surface area contributed by atoms with Crippen molar-refractivity contribution < 1.29 is 9.32 Å². The van der Waals surface area contributed by atoms with Gasteiger partial charge in [-0.25, -0.2) is 0 Å². The van der Waals surface area contributed by atoms with E-state index in [9.17, 15) is 4.79 Å². The zero-order valence-electron chi connectivity index (χ0n) is 13.7. The van der Waals surface area contributed by atoms with Crippen LogP contribution in [0, 0.1) is 6.92 Å². The summed E-state index contributed by atoms with van der Waals surface area (Å²) in [6, 6.07) is 5.08. The summed E-state index contributed by atoms with van der Waals surface area (Å²) in [5.74, 6) is 1.56. The molecule has 0 spiro atoms. The van der Waals surface area contributed by atoms with Gasteiger partial charge in [-0.2, -0.15) is 0 Å². The zero-order chi connectivity index (χ0) is 16.8. The summed E-state index contributed by atoms with van der Waals surface area (Å²) in [7, 11) is 0. The van der Waals surface area contributed by atoms with Crippen molar-refractivity contribution in [3.8, 4) is 0 Å². The van der Waals surface area contributed by atoms with Crippen LogP contribution in [0.4, 0.5) is 11.6 Å². The minimum Gasteiger partial charge on any atom is -0.360 e. The maximum atomic E-state index is 12.1. The Morgan fingerprint density at radius 1 is 1.25 bits per heavy atom. The first-order valence-electron chi connectivity index (χ1n) is 8.21. The molecule has 7 nitrogen and oxygen atoms in total. The largest absolute Gasteiger partial charge is 0.360 e. The Labute approximate surface area is 140 Å². The van der Waals surface area contributed by atoms with E-state index in [0.29, 0.717) is 29.6 Å². The first-order valence-corrected chi connectivity index (χ1v) is 8.21. The molecule has 0 saturated carbocycles. The van der Waals surface area contributed by atoms with Gasteiger partial charge in [-0.1, -0.05) is 16.8 Å². The summed E-state index contributed by atoms with van der Waals surface area (Å²) in [6.07, 6.45) is 8.04. The Hall–Kier alpha value is -2.70. The van der Waals surface area contributed by atoms with Gasteiger partial charge in [0.25, 0.3) is 5.91 Å². The first kappa shape index (κ1) is 16.2. The molecule has 2 N–H and O–H groups in total. The van der Waals surface area contributed by atoms with Crippen LogP contribution >= 0.6 is 0 Å². The molecule has 0 saturated heterocycles. The van der Waals surface area contributed by atoms with Crippen LogP contribution in [-0.4, -0.2) is 27.8 Å². The molecule has 0 radical (unpaired) electrons. The van der Waals surface area contributed by atoms with E-state index in [-0.39, 0.29) is 5.91 Å². The van der Waals surface area contributed by atoms with Crippen LogP contribution in [-0.2, 0) is 0 Å². The standard InChI is InChI=1S/C17H21N5O2/c1-12-11-16(22-24-12)19-15-8-7-14(20-21-15)17(23)18-10-9-13-5-3-2-4-6-13/h5,7-8,11H,2-4,6,9-10H2,1H3,(H,18,23)(H,19,21,22). The summed E-state index contributed by atoms with van der Waals surface area (Å²) in [4.78, 5) is 12.1. The highest BCUT2D eigenvalue weighted by molar-refractivity contribution is 5.92. The summed E-state index contributed by atoms with van der Waals surface area (Å²) < 4.78 is 4.96. The van der Waals surface area contributed by atoms with E-state index in [1.807, 2.05) is 0 Å². The molecule has 0 aliphatic heterocycles. The van der Waals surface area contributed by atoms with Crippen molar-refractivity contribution >= 4 is 17.5 Å². The number of anilines is 2. The number of rotatable bonds is 6. The zero-order valence-corrected chi connectivity index (χ0v) is 13.7. The van der Waals surface area contributed by atoms with Crippen LogP contribution < -0.4 is 10.6 Å². The third-order valence-electron chi connectivity index (χ3n) is 3.90. The molecule has 24 heavy (non-hydrogen) atoms. The summed E-state index contributed by atoms with van der Waals surface area (Å²) in [5.41, 5.74) is 1.74. The first-order chi connectivity index (χ1) is 11.7. The second-order valence-corrected chi connectivity index (χ2v) is 5.87. The number of nitrogens with one attached hydrogen (secondary N) is 2. The molecule has 3 rings (SSSR count). The van der Waals surface area contributed by atoms with Crippen molar-refractivity contribution in [3.05, 3.63) is 41.3 Å². The quantitative estimate of drug-likeness (QED) is 0.792. The van der Waals surface area contributed by atoms with E-state index in [4.69, 9.17) is 4.52 Å². The molecule has 2 aromatic rings. The minimum absolute atomic E-state index is 0.206. The summed E-state index contributed by atoms with van der Waals surface area (Å²) in [6.45, 7) is 2.44. The Balaban J connectivity index is 1.49. The maximum Gasteiger partial charge on any atom is 0.271 e. The molecule has 2 aromatic heterocycles. The molecule has 1 amide bonds. The van der Waals surface area contributed by atoms with Crippen molar-refractivity contribution in [2.24, 2.45) is 0 Å². The lowest BCUT2D eigenvalue weighted by Crippen LogP contribution is -2.26. The van der Waals surface area contributed by atoms with Gasteiger partial charge in [-0.15, -0.1) is 10.2 Å². The van der Waals surface area contributed by atoms with Crippen molar-refractivity contribution in [2.45, 2.75) is 39.0 Å². The van der Waals surface area contributed by atoms with Crippen LogP contribution in [0.1, 0.15) is 48.4 Å². The lowest BCUT2D eigenvalue weighted by Gasteiger charge is -2.12. The highest BCUT2D eigenvalue weighted by atomic mass is 16.5. The van der Waals surface area contributed by atoms with Gasteiger partial charge >= 0.3 is 0 Å². The fourth-order valence-corrected chi connectivity index (χ4v) is 2.64. The number of amides is 1. The number of hydrogen-bond acceptors (Lipinski definition) is 6. The predicted molar refractivity (Wildman–Crippen MR) is 90.1 cm³/mol. The van der Waals surface area contributed by atoms with E-state index < -0.39 is 0 Å². The summed E-state index contributed by atoms with van der Waals surface area (Å²) in [5, 5.41) is 17.6. The number of allylic oxidation sites excluding steroid dienone is 1. The Bertz CT molecular complexity index is 721. The maximum absolute atomic E-state index is 12.1. The third kappa shape index (κ3) is 4.41. The number of aryl methyl sites for hydroxylation is 1. The fourth-order valence-electron chi connectivity index (χ4n) is 2.64. The Morgan fingerprint density at radius 2 is 2.17 bits per heavy atom. The van der Waals surface area contributed by atoms with Gasteiger partial charge in [0.2, 0.25) is 0 Å². The van der Waals surface area contributed by atoms with Crippen LogP contribution in [0.5, 0.6) is 0 Å². The highest BCUT2D eigenvalue weighted by Crippen LogP contribution is 2.19. The van der Waals surface area contributed by atoms with E-state index in [1.54, 1.807) is 25.1 Å². The van der Waals surface area contributed by atoms with Crippen LogP contribution in [0.25, 0.3) is 0 Å². The van der Waals surface area contributed by atoms with E-state index in [1.165, 1.54) is 18.4 Å². The number of carbonyl (C=O) groups excluding carboxylic acids is 1. The van der Waals surface area contributed by atoms with Crippen molar-refractivity contribution in [1.29, 1.82) is 0 Å². The average molecular weight is 327 g/mol. The molecule has 0 fully saturated rings. The second kappa shape index (κ2) is 7.72. The van der Waals surface area contributed by atoms with Gasteiger partial charge in [-0.05, 0) is 51.2 Å². The molecule has 0 bridgehead atoms. The third-order valence-corrected chi connectivity index (χ3v) is 3.90. The number of hydrogen-bond donors (Lipinski definition) is 2. The monoisotopic (exact) mass is 327 g/mol. The normalized spacial score (nSPS) is 14.1. The van der Waals surface area contributed by atoms with Gasteiger partial charge in [0, 0.05) is 12.6 Å². The van der Waals surface area contributed by atoms with Gasteiger partial charge in [0.15, 0.2) is 17.3 Å². The predicted octanol–water partition coefficient (Wildman–Crippen LogP) is 3.14. The lowest BCUT2D eigenvalue weighted by molar-refractivity contribution is 0.0948. The molecule has 2 heterocycles. The van der Waals surface area contributed by atoms with Crippen molar-refractivity contribution in [1.82, 2.24) is 20.7 Å².